The third-order valence-electron chi connectivity index (χ3n) is 4.48. The Hall–Kier alpha value is -1.56. The topological polar surface area (TPSA) is 53.4 Å². The summed E-state index contributed by atoms with van der Waals surface area (Å²) >= 11 is 0. The van der Waals surface area contributed by atoms with Gasteiger partial charge in [0.15, 0.2) is 0 Å². The lowest BCUT2D eigenvalue weighted by atomic mass is 10.2. The number of carbonyl (C=O) groups excluding carboxylic acids is 1. The van der Waals surface area contributed by atoms with Crippen LogP contribution in [0.15, 0.2) is 0 Å². The Morgan fingerprint density at radius 2 is 1.95 bits per heavy atom. The molecule has 1 aliphatic heterocycles. The molecule has 1 N–H and O–H groups in total. The van der Waals surface area contributed by atoms with Crippen LogP contribution in [0.4, 0.5) is 5.82 Å². The van der Waals surface area contributed by atoms with Crippen molar-refractivity contribution in [1.29, 1.82) is 0 Å². The molecular weight excluding hydrogens is 266 g/mol. The van der Waals surface area contributed by atoms with E-state index >= 15 is 0 Å². The maximum Gasteiger partial charge on any atom is 0.219 e. The van der Waals surface area contributed by atoms with Crippen LogP contribution in [-0.4, -0.2) is 52.8 Å². The van der Waals surface area contributed by atoms with Crippen LogP contribution in [0.3, 0.4) is 0 Å². The van der Waals surface area contributed by atoms with Gasteiger partial charge in [-0.15, -0.1) is 0 Å². The van der Waals surface area contributed by atoms with E-state index in [-0.39, 0.29) is 5.91 Å². The quantitative estimate of drug-likeness (QED) is 0.885. The molecule has 6 nitrogen and oxygen atoms in total. The van der Waals surface area contributed by atoms with Crippen molar-refractivity contribution < 1.29 is 4.79 Å². The highest BCUT2D eigenvalue weighted by molar-refractivity contribution is 5.73. The van der Waals surface area contributed by atoms with E-state index in [1.165, 1.54) is 24.2 Å². The molecule has 0 bridgehead atoms. The number of hydrogen-bond acceptors (Lipinski definition) is 4. The minimum atomic E-state index is 0.173. The molecule has 2 aliphatic rings. The van der Waals surface area contributed by atoms with Gasteiger partial charge in [0.1, 0.15) is 5.82 Å². The number of anilines is 1. The Labute approximate surface area is 126 Å². The first-order valence-electron chi connectivity index (χ1n) is 7.82. The average molecular weight is 291 g/mol. The van der Waals surface area contributed by atoms with Crippen molar-refractivity contribution in [2.24, 2.45) is 7.05 Å². The van der Waals surface area contributed by atoms with Crippen molar-refractivity contribution in [3.8, 4) is 0 Å². The summed E-state index contributed by atoms with van der Waals surface area (Å²) in [5.74, 6) is 1.38. The summed E-state index contributed by atoms with van der Waals surface area (Å²) in [6.07, 6.45) is 2.60. The zero-order valence-electron chi connectivity index (χ0n) is 13.2. The number of carbonyl (C=O) groups is 1. The summed E-state index contributed by atoms with van der Waals surface area (Å²) in [7, 11) is 2.01. The van der Waals surface area contributed by atoms with Gasteiger partial charge in [0.05, 0.1) is 5.69 Å². The molecule has 0 atom stereocenters. The number of rotatable bonds is 4. The predicted octanol–water partition coefficient (Wildman–Crippen LogP) is 0.649. The zero-order valence-corrected chi connectivity index (χ0v) is 13.2. The fraction of sp³-hybridized carbons (Fsp3) is 0.733. The monoisotopic (exact) mass is 291 g/mol. The van der Waals surface area contributed by atoms with Crippen LogP contribution >= 0.6 is 0 Å². The molecule has 0 radical (unpaired) electrons. The minimum absolute atomic E-state index is 0.173. The van der Waals surface area contributed by atoms with E-state index < -0.39 is 0 Å². The van der Waals surface area contributed by atoms with E-state index in [1.807, 2.05) is 16.6 Å². The predicted molar refractivity (Wildman–Crippen MR) is 82.3 cm³/mol. The number of aryl methyl sites for hydroxylation is 2. The highest BCUT2D eigenvalue weighted by atomic mass is 16.2. The van der Waals surface area contributed by atoms with Crippen molar-refractivity contribution in [2.75, 3.05) is 31.1 Å². The van der Waals surface area contributed by atoms with E-state index in [9.17, 15) is 4.79 Å². The van der Waals surface area contributed by atoms with Crippen LogP contribution < -0.4 is 10.2 Å². The highest BCUT2D eigenvalue weighted by Crippen LogP contribution is 2.26. The van der Waals surface area contributed by atoms with Crippen molar-refractivity contribution in [1.82, 2.24) is 20.0 Å². The maximum atomic E-state index is 11.4. The number of hydrogen-bond donors (Lipinski definition) is 1. The molecule has 1 aromatic heterocycles. The second kappa shape index (κ2) is 5.67. The van der Waals surface area contributed by atoms with Gasteiger partial charge in [0.25, 0.3) is 0 Å². The first-order valence-corrected chi connectivity index (χ1v) is 7.82. The normalized spacial score (nSPS) is 19.2. The van der Waals surface area contributed by atoms with E-state index in [0.29, 0.717) is 6.04 Å². The Morgan fingerprint density at radius 1 is 1.29 bits per heavy atom. The van der Waals surface area contributed by atoms with E-state index in [1.54, 1.807) is 6.92 Å². The molecule has 3 rings (SSSR count). The number of amides is 1. The Morgan fingerprint density at radius 3 is 2.52 bits per heavy atom. The summed E-state index contributed by atoms with van der Waals surface area (Å²) < 4.78 is 1.99. The second-order valence-corrected chi connectivity index (χ2v) is 6.16. The summed E-state index contributed by atoms with van der Waals surface area (Å²) in [6.45, 7) is 7.99. The molecule has 2 fully saturated rings. The van der Waals surface area contributed by atoms with Crippen LogP contribution in [0, 0.1) is 6.92 Å². The SMILES string of the molecule is CC(=O)N1CCN(c2c(CNC3CC3)c(C)nn2C)CC1. The van der Waals surface area contributed by atoms with Crippen LogP contribution in [0.5, 0.6) is 0 Å². The Balaban J connectivity index is 1.73. The number of nitrogens with zero attached hydrogens (tertiary/aromatic N) is 4. The van der Waals surface area contributed by atoms with Gasteiger partial charge >= 0.3 is 0 Å². The van der Waals surface area contributed by atoms with Gasteiger partial charge in [0.2, 0.25) is 5.91 Å². The van der Waals surface area contributed by atoms with Crippen LogP contribution in [-0.2, 0) is 18.4 Å². The van der Waals surface area contributed by atoms with E-state index in [2.05, 4.69) is 22.2 Å². The van der Waals surface area contributed by atoms with E-state index in [0.717, 1.165) is 38.4 Å². The molecule has 6 heteroatoms. The van der Waals surface area contributed by atoms with Crippen molar-refractivity contribution >= 4 is 11.7 Å². The molecule has 1 amide bonds. The number of nitrogens with one attached hydrogen (secondary N) is 1. The molecule has 0 aromatic carbocycles. The number of aromatic nitrogens is 2. The molecule has 2 heterocycles. The molecule has 21 heavy (non-hydrogen) atoms. The smallest absolute Gasteiger partial charge is 0.219 e. The highest BCUT2D eigenvalue weighted by Gasteiger charge is 2.26. The lowest BCUT2D eigenvalue weighted by Gasteiger charge is -2.36. The van der Waals surface area contributed by atoms with Crippen LogP contribution in [0.1, 0.15) is 31.0 Å². The first-order chi connectivity index (χ1) is 10.1. The molecule has 116 valence electrons. The summed E-state index contributed by atoms with van der Waals surface area (Å²) in [4.78, 5) is 15.7. The first kappa shape index (κ1) is 14.4. The molecule has 1 aromatic rings. The largest absolute Gasteiger partial charge is 0.353 e. The van der Waals surface area contributed by atoms with Crippen LogP contribution in [0.2, 0.25) is 0 Å². The molecule has 1 saturated heterocycles. The van der Waals surface area contributed by atoms with E-state index in [4.69, 9.17) is 0 Å². The zero-order chi connectivity index (χ0) is 15.0. The minimum Gasteiger partial charge on any atom is -0.353 e. The van der Waals surface area contributed by atoms with Gasteiger partial charge in [0, 0.05) is 58.3 Å². The lowest BCUT2D eigenvalue weighted by molar-refractivity contribution is -0.129. The fourth-order valence-corrected chi connectivity index (χ4v) is 3.06. The number of piperazine rings is 1. The van der Waals surface area contributed by atoms with Gasteiger partial charge in [-0.1, -0.05) is 0 Å². The maximum absolute atomic E-state index is 11.4. The lowest BCUT2D eigenvalue weighted by Crippen LogP contribution is -2.48. The Bertz CT molecular complexity index is 526. The average Bonchev–Trinajstić information content (AvgIpc) is 3.22. The standard InChI is InChI=1S/C15H25N5O/c1-11-14(10-16-13-4-5-13)15(18(3)17-11)20-8-6-19(7-9-20)12(2)21/h13,16H,4-10H2,1-3H3. The van der Waals surface area contributed by atoms with Gasteiger partial charge in [-0.25, -0.2) is 0 Å². The van der Waals surface area contributed by atoms with Crippen molar-refractivity contribution in [2.45, 2.75) is 39.3 Å². The van der Waals surface area contributed by atoms with Crippen molar-refractivity contribution in [3.05, 3.63) is 11.3 Å². The van der Waals surface area contributed by atoms with Gasteiger partial charge in [-0.05, 0) is 19.8 Å². The van der Waals surface area contributed by atoms with Gasteiger partial charge < -0.3 is 15.1 Å². The summed E-state index contributed by atoms with van der Waals surface area (Å²) in [6, 6.07) is 0.701. The fourth-order valence-electron chi connectivity index (χ4n) is 3.06. The molecule has 0 spiro atoms. The van der Waals surface area contributed by atoms with Gasteiger partial charge in [-0.3, -0.25) is 9.48 Å². The molecular formula is C15H25N5O. The van der Waals surface area contributed by atoms with Crippen molar-refractivity contribution in [3.63, 3.8) is 0 Å². The molecule has 0 unspecified atom stereocenters. The van der Waals surface area contributed by atoms with Crippen LogP contribution in [0.25, 0.3) is 0 Å². The Kier molecular flexibility index (Phi) is 3.89. The third-order valence-corrected chi connectivity index (χ3v) is 4.48. The summed E-state index contributed by atoms with van der Waals surface area (Å²) in [5.41, 5.74) is 2.41. The third kappa shape index (κ3) is 3.05. The second-order valence-electron chi connectivity index (χ2n) is 6.16. The molecule has 1 aliphatic carbocycles. The van der Waals surface area contributed by atoms with Gasteiger partial charge in [-0.2, -0.15) is 5.10 Å². The molecule has 1 saturated carbocycles. The summed E-state index contributed by atoms with van der Waals surface area (Å²) in [5, 5.41) is 8.18.